The molecule has 0 aliphatic heterocycles. The van der Waals surface area contributed by atoms with Gasteiger partial charge < -0.3 is 4.74 Å². The van der Waals surface area contributed by atoms with Crippen molar-refractivity contribution in [3.8, 4) is 11.8 Å². The minimum absolute atomic E-state index is 0.445. The molecule has 1 rings (SSSR count). The first-order valence-corrected chi connectivity index (χ1v) is 5.37. The number of nitrogens with zero attached hydrogens (tertiary/aromatic N) is 1. The van der Waals surface area contributed by atoms with Crippen LogP contribution < -0.4 is 4.74 Å². The fraction of sp³-hybridized carbons (Fsp3) is 0.462. The maximum Gasteiger partial charge on any atom is 0.119 e. The summed E-state index contributed by atoms with van der Waals surface area (Å²) in [4.78, 5) is 0. The van der Waals surface area contributed by atoms with Crippen LogP contribution in [0.25, 0.3) is 0 Å². The van der Waals surface area contributed by atoms with Crippen LogP contribution in [0.2, 0.25) is 0 Å². The molecule has 15 heavy (non-hydrogen) atoms. The van der Waals surface area contributed by atoms with Crippen LogP contribution in [-0.2, 0) is 0 Å². The van der Waals surface area contributed by atoms with E-state index in [0.717, 1.165) is 12.2 Å². The summed E-state index contributed by atoms with van der Waals surface area (Å²) in [7, 11) is 0. The quantitative estimate of drug-likeness (QED) is 0.733. The summed E-state index contributed by atoms with van der Waals surface area (Å²) in [6, 6.07) is 10.3. The lowest BCUT2D eigenvalue weighted by molar-refractivity contribution is 0.340. The number of rotatable bonds is 5. The fourth-order valence-corrected chi connectivity index (χ4v) is 1.51. The summed E-state index contributed by atoms with van der Waals surface area (Å²) >= 11 is 0. The monoisotopic (exact) mass is 203 g/mol. The molecule has 0 N–H and O–H groups in total. The van der Waals surface area contributed by atoms with E-state index >= 15 is 0 Å². The Hall–Kier alpha value is -1.49. The average molecular weight is 203 g/mol. The Morgan fingerprint density at radius 1 is 1.33 bits per heavy atom. The normalized spacial score (nSPS) is 11.8. The van der Waals surface area contributed by atoms with Gasteiger partial charge in [-0.1, -0.05) is 19.1 Å². The van der Waals surface area contributed by atoms with E-state index in [1.54, 1.807) is 0 Å². The van der Waals surface area contributed by atoms with Crippen LogP contribution in [0, 0.1) is 11.3 Å². The molecule has 1 aromatic rings. The van der Waals surface area contributed by atoms with Crippen molar-refractivity contribution in [3.63, 3.8) is 0 Å². The minimum Gasteiger partial charge on any atom is -0.494 e. The van der Waals surface area contributed by atoms with Crippen molar-refractivity contribution in [2.75, 3.05) is 6.61 Å². The number of ether oxygens (including phenoxy) is 1. The Labute approximate surface area is 91.5 Å². The second-order valence-corrected chi connectivity index (χ2v) is 3.60. The van der Waals surface area contributed by atoms with Crippen LogP contribution in [0.4, 0.5) is 0 Å². The molecule has 0 radical (unpaired) electrons. The highest BCUT2D eigenvalue weighted by Gasteiger charge is 2.04. The van der Waals surface area contributed by atoms with Gasteiger partial charge in [-0.15, -0.1) is 0 Å². The van der Waals surface area contributed by atoms with Crippen LogP contribution in [-0.4, -0.2) is 6.61 Å². The Balaban J connectivity index is 2.59. The zero-order valence-electron chi connectivity index (χ0n) is 9.36. The second-order valence-electron chi connectivity index (χ2n) is 3.60. The first-order chi connectivity index (χ1) is 7.27. The lowest BCUT2D eigenvalue weighted by Gasteiger charge is -2.10. The van der Waals surface area contributed by atoms with Gasteiger partial charge in [0, 0.05) is 6.42 Å². The van der Waals surface area contributed by atoms with Crippen LogP contribution in [0.3, 0.4) is 0 Å². The molecular formula is C13H17NO. The molecule has 1 atom stereocenters. The first kappa shape index (κ1) is 11.6. The van der Waals surface area contributed by atoms with E-state index in [1.807, 2.05) is 19.1 Å². The van der Waals surface area contributed by atoms with Gasteiger partial charge in [0.15, 0.2) is 0 Å². The standard InChI is InChI=1S/C13H17NO/c1-3-15-13-8-6-12(7-9-13)11(2)5-4-10-14/h6-9,11H,3-5H2,1-2H3. The van der Waals surface area contributed by atoms with E-state index in [9.17, 15) is 0 Å². The first-order valence-electron chi connectivity index (χ1n) is 5.37. The molecule has 80 valence electrons. The van der Waals surface area contributed by atoms with Gasteiger partial charge in [-0.05, 0) is 37.0 Å². The van der Waals surface area contributed by atoms with Gasteiger partial charge in [0.25, 0.3) is 0 Å². The number of benzene rings is 1. The highest BCUT2D eigenvalue weighted by atomic mass is 16.5. The number of hydrogen-bond acceptors (Lipinski definition) is 2. The van der Waals surface area contributed by atoms with Gasteiger partial charge in [-0.3, -0.25) is 0 Å². The van der Waals surface area contributed by atoms with E-state index in [2.05, 4.69) is 25.1 Å². The molecule has 0 saturated heterocycles. The van der Waals surface area contributed by atoms with Crippen molar-refractivity contribution in [2.45, 2.75) is 32.6 Å². The summed E-state index contributed by atoms with van der Waals surface area (Å²) in [5, 5.41) is 8.51. The summed E-state index contributed by atoms with van der Waals surface area (Å²) in [5.41, 5.74) is 1.27. The number of hydrogen-bond donors (Lipinski definition) is 0. The zero-order chi connectivity index (χ0) is 11.1. The van der Waals surface area contributed by atoms with Gasteiger partial charge in [0.1, 0.15) is 5.75 Å². The van der Waals surface area contributed by atoms with Crippen molar-refractivity contribution in [1.82, 2.24) is 0 Å². The Kier molecular flexibility index (Phi) is 4.70. The SMILES string of the molecule is CCOc1ccc(C(C)CCC#N)cc1. The molecular weight excluding hydrogens is 186 g/mol. The van der Waals surface area contributed by atoms with Gasteiger partial charge in [-0.25, -0.2) is 0 Å². The predicted octanol–water partition coefficient (Wildman–Crippen LogP) is 3.49. The maximum absolute atomic E-state index is 8.51. The Morgan fingerprint density at radius 2 is 2.00 bits per heavy atom. The molecule has 0 fully saturated rings. The third kappa shape index (κ3) is 3.63. The predicted molar refractivity (Wildman–Crippen MR) is 60.9 cm³/mol. The van der Waals surface area contributed by atoms with Gasteiger partial charge in [0.2, 0.25) is 0 Å². The molecule has 2 nitrogen and oxygen atoms in total. The van der Waals surface area contributed by atoms with E-state index in [4.69, 9.17) is 10.00 Å². The van der Waals surface area contributed by atoms with E-state index in [0.29, 0.717) is 18.9 Å². The highest BCUT2D eigenvalue weighted by molar-refractivity contribution is 5.29. The van der Waals surface area contributed by atoms with Crippen molar-refractivity contribution < 1.29 is 4.74 Å². The summed E-state index contributed by atoms with van der Waals surface area (Å²) in [5.74, 6) is 1.36. The fourth-order valence-electron chi connectivity index (χ4n) is 1.51. The molecule has 0 spiro atoms. The third-order valence-electron chi connectivity index (χ3n) is 2.45. The lowest BCUT2D eigenvalue weighted by Crippen LogP contribution is -1.95. The molecule has 0 aliphatic carbocycles. The molecule has 0 saturated carbocycles. The largest absolute Gasteiger partial charge is 0.494 e. The van der Waals surface area contributed by atoms with Crippen LogP contribution in [0.1, 0.15) is 38.2 Å². The molecule has 0 aromatic heterocycles. The minimum atomic E-state index is 0.445. The van der Waals surface area contributed by atoms with Crippen LogP contribution >= 0.6 is 0 Å². The summed E-state index contributed by atoms with van der Waals surface area (Å²) in [6.07, 6.45) is 1.54. The topological polar surface area (TPSA) is 33.0 Å². The van der Waals surface area contributed by atoms with Gasteiger partial charge in [0.05, 0.1) is 12.7 Å². The lowest BCUT2D eigenvalue weighted by atomic mass is 9.96. The van der Waals surface area contributed by atoms with Crippen LogP contribution in [0.15, 0.2) is 24.3 Å². The maximum atomic E-state index is 8.51. The molecule has 0 aliphatic rings. The summed E-state index contributed by atoms with van der Waals surface area (Å²) < 4.78 is 5.37. The van der Waals surface area contributed by atoms with E-state index in [1.165, 1.54) is 5.56 Å². The molecule has 0 amide bonds. The molecule has 2 heteroatoms. The van der Waals surface area contributed by atoms with Crippen LogP contribution in [0.5, 0.6) is 5.75 Å². The Morgan fingerprint density at radius 3 is 2.53 bits per heavy atom. The highest BCUT2D eigenvalue weighted by Crippen LogP contribution is 2.22. The third-order valence-corrected chi connectivity index (χ3v) is 2.45. The van der Waals surface area contributed by atoms with Crippen molar-refractivity contribution in [1.29, 1.82) is 5.26 Å². The van der Waals surface area contributed by atoms with E-state index in [-0.39, 0.29) is 0 Å². The molecule has 0 bridgehead atoms. The number of nitriles is 1. The van der Waals surface area contributed by atoms with E-state index < -0.39 is 0 Å². The van der Waals surface area contributed by atoms with Gasteiger partial charge in [-0.2, -0.15) is 5.26 Å². The molecule has 1 aromatic carbocycles. The zero-order valence-corrected chi connectivity index (χ0v) is 9.36. The summed E-state index contributed by atoms with van der Waals surface area (Å²) in [6.45, 7) is 4.82. The molecule has 0 heterocycles. The van der Waals surface area contributed by atoms with Crippen molar-refractivity contribution in [2.24, 2.45) is 0 Å². The smallest absolute Gasteiger partial charge is 0.119 e. The average Bonchev–Trinajstić information content (AvgIpc) is 2.27. The second kappa shape index (κ2) is 6.08. The van der Waals surface area contributed by atoms with Crippen molar-refractivity contribution in [3.05, 3.63) is 29.8 Å². The molecule has 1 unspecified atom stereocenters. The Bertz CT molecular complexity index is 323. The van der Waals surface area contributed by atoms with Crippen molar-refractivity contribution >= 4 is 0 Å². The van der Waals surface area contributed by atoms with Gasteiger partial charge >= 0.3 is 0 Å².